The molecule has 0 unspecified atom stereocenters. The molecule has 0 aromatic heterocycles. The summed E-state index contributed by atoms with van der Waals surface area (Å²) < 4.78 is 5.28. The third kappa shape index (κ3) is 5.80. The van der Waals surface area contributed by atoms with Gasteiger partial charge in [0.05, 0.1) is 12.8 Å². The van der Waals surface area contributed by atoms with Gasteiger partial charge >= 0.3 is 6.03 Å². The highest BCUT2D eigenvalue weighted by molar-refractivity contribution is 5.96. The molecule has 150 valence electrons. The molecule has 0 saturated heterocycles. The van der Waals surface area contributed by atoms with Crippen molar-refractivity contribution in [1.82, 2.24) is 10.2 Å². The Hall–Kier alpha value is -3.42. The van der Waals surface area contributed by atoms with Gasteiger partial charge in [-0.2, -0.15) is 0 Å². The third-order valence-corrected chi connectivity index (χ3v) is 4.24. The number of nitrogen functional groups attached to an aromatic ring is 1. The van der Waals surface area contributed by atoms with E-state index < -0.39 is 5.91 Å². The largest absolute Gasteiger partial charge is 0.494 e. The number of rotatable bonds is 9. The maximum absolute atomic E-state index is 12.1. The predicted molar refractivity (Wildman–Crippen MR) is 110 cm³/mol. The number of benzene rings is 2. The Bertz CT molecular complexity index is 811. The van der Waals surface area contributed by atoms with Gasteiger partial charge < -0.3 is 31.7 Å². The Morgan fingerprint density at radius 1 is 1.18 bits per heavy atom. The number of anilines is 2. The third-order valence-electron chi connectivity index (χ3n) is 4.24. The molecule has 0 heterocycles. The van der Waals surface area contributed by atoms with Crippen molar-refractivity contribution in [2.45, 2.75) is 13.0 Å². The van der Waals surface area contributed by atoms with Crippen LogP contribution in [-0.4, -0.2) is 44.1 Å². The maximum Gasteiger partial charge on any atom is 0.317 e. The second kappa shape index (κ2) is 10.1. The van der Waals surface area contributed by atoms with Gasteiger partial charge in [0.15, 0.2) is 0 Å². The van der Waals surface area contributed by atoms with Gasteiger partial charge in [-0.25, -0.2) is 4.79 Å². The number of carbonyl (C=O) groups excluding carboxylic acids is 2. The summed E-state index contributed by atoms with van der Waals surface area (Å²) in [5.74, 6) is -0.123. The molecule has 6 N–H and O–H groups in total. The molecular formula is C20H27N5O3. The van der Waals surface area contributed by atoms with E-state index in [2.05, 4.69) is 10.6 Å². The maximum atomic E-state index is 12.1. The van der Waals surface area contributed by atoms with Gasteiger partial charge in [0.25, 0.3) is 0 Å². The highest BCUT2D eigenvalue weighted by atomic mass is 16.5. The van der Waals surface area contributed by atoms with Crippen molar-refractivity contribution in [1.29, 1.82) is 0 Å². The summed E-state index contributed by atoms with van der Waals surface area (Å²) in [6, 6.07) is 12.7. The lowest BCUT2D eigenvalue weighted by Crippen LogP contribution is -2.37. The highest BCUT2D eigenvalue weighted by Gasteiger charge is 2.13. The van der Waals surface area contributed by atoms with E-state index >= 15 is 0 Å². The SMILES string of the molecule is COc1cc(C(N)=O)cc(N)c1NCCCN(C)C(=O)NCc1ccccc1. The summed E-state index contributed by atoms with van der Waals surface area (Å²) in [5, 5.41) is 6.07. The Morgan fingerprint density at radius 2 is 1.89 bits per heavy atom. The summed E-state index contributed by atoms with van der Waals surface area (Å²) in [6.45, 7) is 1.63. The number of urea groups is 1. The number of carbonyl (C=O) groups is 2. The van der Waals surface area contributed by atoms with Crippen molar-refractivity contribution in [2.24, 2.45) is 5.73 Å². The summed E-state index contributed by atoms with van der Waals surface area (Å²) in [5.41, 5.74) is 13.6. The smallest absolute Gasteiger partial charge is 0.317 e. The number of amides is 3. The van der Waals surface area contributed by atoms with Crippen molar-refractivity contribution < 1.29 is 14.3 Å². The lowest BCUT2D eigenvalue weighted by molar-refractivity contribution is 0.1000. The second-order valence-corrected chi connectivity index (χ2v) is 6.35. The standard InChI is InChI=1S/C20H27N5O3/c1-25(20(27)24-13-14-7-4-3-5-8-14)10-6-9-23-18-16(21)11-15(19(22)26)12-17(18)28-2/h3-5,7-8,11-12,23H,6,9-10,13,21H2,1-2H3,(H2,22,26)(H,24,27). The van der Waals surface area contributed by atoms with Crippen LogP contribution in [0, 0.1) is 0 Å². The number of hydrogen-bond donors (Lipinski definition) is 4. The van der Waals surface area contributed by atoms with Crippen molar-refractivity contribution in [3.8, 4) is 5.75 Å². The number of ether oxygens (including phenoxy) is 1. The van der Waals surface area contributed by atoms with E-state index in [0.29, 0.717) is 43.2 Å². The Balaban J connectivity index is 1.80. The van der Waals surface area contributed by atoms with E-state index in [1.54, 1.807) is 18.0 Å². The lowest BCUT2D eigenvalue weighted by Gasteiger charge is -2.19. The summed E-state index contributed by atoms with van der Waals surface area (Å²) >= 11 is 0. The molecule has 8 heteroatoms. The first-order chi connectivity index (χ1) is 13.4. The monoisotopic (exact) mass is 385 g/mol. The molecule has 3 amide bonds. The first-order valence-corrected chi connectivity index (χ1v) is 8.96. The van der Waals surface area contributed by atoms with Crippen LogP contribution in [-0.2, 0) is 6.54 Å². The molecule has 0 aliphatic heterocycles. The molecular weight excluding hydrogens is 358 g/mol. The normalized spacial score (nSPS) is 10.2. The Morgan fingerprint density at radius 3 is 2.54 bits per heavy atom. The average Bonchev–Trinajstić information content (AvgIpc) is 2.70. The van der Waals surface area contributed by atoms with Crippen molar-refractivity contribution in [3.63, 3.8) is 0 Å². The minimum absolute atomic E-state index is 0.133. The molecule has 28 heavy (non-hydrogen) atoms. The zero-order valence-electron chi connectivity index (χ0n) is 16.2. The first kappa shape index (κ1) is 20.9. The molecule has 8 nitrogen and oxygen atoms in total. The van der Waals surface area contributed by atoms with Crippen LogP contribution in [0.25, 0.3) is 0 Å². The molecule has 0 fully saturated rings. The van der Waals surface area contributed by atoms with E-state index in [0.717, 1.165) is 5.56 Å². The van der Waals surface area contributed by atoms with Crippen molar-refractivity contribution >= 4 is 23.3 Å². The lowest BCUT2D eigenvalue weighted by atomic mass is 10.1. The quantitative estimate of drug-likeness (QED) is 0.388. The van der Waals surface area contributed by atoms with Crippen LogP contribution < -0.4 is 26.8 Å². The van der Waals surface area contributed by atoms with Crippen LogP contribution in [0.15, 0.2) is 42.5 Å². The van der Waals surface area contributed by atoms with Crippen LogP contribution in [0.3, 0.4) is 0 Å². The number of primary amides is 1. The molecule has 0 aliphatic carbocycles. The van der Waals surface area contributed by atoms with Gasteiger partial charge in [-0.1, -0.05) is 30.3 Å². The van der Waals surface area contributed by atoms with Crippen LogP contribution in [0.5, 0.6) is 5.75 Å². The molecule has 0 bridgehead atoms. The topological polar surface area (TPSA) is 123 Å². The predicted octanol–water partition coefficient (Wildman–Crippen LogP) is 2.02. The number of nitrogens with zero attached hydrogens (tertiary/aromatic N) is 1. The molecule has 0 aliphatic rings. The van der Waals surface area contributed by atoms with E-state index in [4.69, 9.17) is 16.2 Å². The minimum atomic E-state index is -0.570. The molecule has 2 aromatic rings. The number of nitrogens with one attached hydrogen (secondary N) is 2. The Kier molecular flexibility index (Phi) is 7.50. The number of nitrogens with two attached hydrogens (primary N) is 2. The van der Waals surface area contributed by atoms with Crippen LogP contribution in [0.2, 0.25) is 0 Å². The molecule has 0 atom stereocenters. The summed E-state index contributed by atoms with van der Waals surface area (Å²) in [6.07, 6.45) is 0.704. The van der Waals surface area contributed by atoms with Gasteiger partial charge in [0, 0.05) is 32.2 Å². The van der Waals surface area contributed by atoms with Gasteiger partial charge in [-0.3, -0.25) is 4.79 Å². The van der Waals surface area contributed by atoms with Crippen LogP contribution in [0.4, 0.5) is 16.2 Å². The van der Waals surface area contributed by atoms with Gasteiger partial charge in [0.2, 0.25) is 5.91 Å². The van der Waals surface area contributed by atoms with E-state index in [-0.39, 0.29) is 11.6 Å². The van der Waals surface area contributed by atoms with Crippen LogP contribution >= 0.6 is 0 Å². The Labute approximate surface area is 164 Å². The fourth-order valence-corrected chi connectivity index (χ4v) is 2.67. The fraction of sp³-hybridized carbons (Fsp3) is 0.300. The highest BCUT2D eigenvalue weighted by Crippen LogP contribution is 2.32. The molecule has 2 aromatic carbocycles. The van der Waals surface area contributed by atoms with Crippen molar-refractivity contribution in [2.75, 3.05) is 38.3 Å². The van der Waals surface area contributed by atoms with Gasteiger partial charge in [-0.15, -0.1) is 0 Å². The average molecular weight is 385 g/mol. The molecule has 0 radical (unpaired) electrons. The van der Waals surface area contributed by atoms with E-state index in [1.165, 1.54) is 13.2 Å². The summed E-state index contributed by atoms with van der Waals surface area (Å²) in [7, 11) is 3.24. The fourth-order valence-electron chi connectivity index (χ4n) is 2.67. The minimum Gasteiger partial charge on any atom is -0.494 e. The van der Waals surface area contributed by atoms with Crippen LogP contribution in [0.1, 0.15) is 22.3 Å². The molecule has 0 spiro atoms. The zero-order chi connectivity index (χ0) is 20.5. The van der Waals surface area contributed by atoms with Crippen molar-refractivity contribution in [3.05, 3.63) is 53.6 Å². The van der Waals surface area contributed by atoms with E-state index in [9.17, 15) is 9.59 Å². The number of hydrogen-bond acceptors (Lipinski definition) is 5. The second-order valence-electron chi connectivity index (χ2n) is 6.35. The first-order valence-electron chi connectivity index (χ1n) is 8.96. The number of methoxy groups -OCH3 is 1. The van der Waals surface area contributed by atoms with E-state index in [1.807, 2.05) is 30.3 Å². The molecule has 0 saturated carbocycles. The zero-order valence-corrected chi connectivity index (χ0v) is 16.2. The van der Waals surface area contributed by atoms with Gasteiger partial charge in [-0.05, 0) is 24.1 Å². The van der Waals surface area contributed by atoms with Gasteiger partial charge in [0.1, 0.15) is 11.4 Å². The summed E-state index contributed by atoms with van der Waals surface area (Å²) in [4.78, 5) is 25.1. The molecule has 2 rings (SSSR count).